The number of unbranched alkanes of at least 4 members (excludes halogenated alkanes) is 3. The third-order valence-electron chi connectivity index (χ3n) is 9.38. The SMILES string of the molecule is C=C(C)C(=C/C(C(=C)N[C@H](C)c1cccc(C(F)(F)C2CCN(C)CC2)c1F)=C(\C)N=CC)C1(C#N)CC1.CCCCCCC(C)C. The fraction of sp³-hybridized carbons (Fsp3) is 0.600. The van der Waals surface area contributed by atoms with Gasteiger partial charge in [-0.15, -0.1) is 0 Å². The van der Waals surface area contributed by atoms with Crippen molar-refractivity contribution in [1.29, 1.82) is 5.26 Å². The lowest BCUT2D eigenvalue weighted by molar-refractivity contribution is -0.0863. The second-order valence-corrected chi connectivity index (χ2v) is 13.9. The van der Waals surface area contributed by atoms with Crippen molar-refractivity contribution in [3.05, 3.63) is 82.5 Å². The Bertz CT molecular complexity index is 1340. The van der Waals surface area contributed by atoms with Crippen LogP contribution in [0.2, 0.25) is 0 Å². The average Bonchev–Trinajstić information content (AvgIpc) is 3.81. The first-order valence-corrected chi connectivity index (χ1v) is 17.4. The number of hydrogen-bond acceptors (Lipinski definition) is 4. The first-order chi connectivity index (χ1) is 22.1. The molecular formula is C40H59F3N4. The van der Waals surface area contributed by atoms with Crippen molar-refractivity contribution in [2.24, 2.45) is 22.2 Å². The lowest BCUT2D eigenvalue weighted by atomic mass is 9.85. The molecule has 1 aliphatic heterocycles. The van der Waals surface area contributed by atoms with Gasteiger partial charge in [0.1, 0.15) is 5.82 Å². The Morgan fingerprint density at radius 3 is 2.30 bits per heavy atom. The number of nitrogens with one attached hydrogen (secondary N) is 1. The van der Waals surface area contributed by atoms with Crippen molar-refractivity contribution in [2.45, 2.75) is 118 Å². The van der Waals surface area contributed by atoms with Gasteiger partial charge in [0.25, 0.3) is 5.92 Å². The van der Waals surface area contributed by atoms with Crippen molar-refractivity contribution in [2.75, 3.05) is 20.1 Å². The molecule has 0 amide bonds. The van der Waals surface area contributed by atoms with Crippen molar-refractivity contribution in [1.82, 2.24) is 10.2 Å². The number of allylic oxidation sites excluding steroid dienone is 4. The Morgan fingerprint density at radius 2 is 1.79 bits per heavy atom. The quantitative estimate of drug-likeness (QED) is 0.117. The summed E-state index contributed by atoms with van der Waals surface area (Å²) in [6.45, 7) is 23.4. The Labute approximate surface area is 283 Å². The monoisotopic (exact) mass is 652 g/mol. The van der Waals surface area contributed by atoms with Gasteiger partial charge in [-0.05, 0) is 91.1 Å². The van der Waals surface area contributed by atoms with Crippen molar-refractivity contribution in [3.8, 4) is 6.07 Å². The van der Waals surface area contributed by atoms with E-state index in [-0.39, 0.29) is 5.56 Å². The first kappa shape index (κ1) is 40.1. The van der Waals surface area contributed by atoms with Crippen LogP contribution in [-0.4, -0.2) is 31.3 Å². The maximum absolute atomic E-state index is 15.7. The Kier molecular flexibility index (Phi) is 15.7. The molecule has 0 aromatic heterocycles. The van der Waals surface area contributed by atoms with E-state index in [0.717, 1.165) is 29.9 Å². The topological polar surface area (TPSA) is 51.4 Å². The molecule has 0 spiro atoms. The maximum atomic E-state index is 15.7. The van der Waals surface area contributed by atoms with E-state index in [1.54, 1.807) is 20.1 Å². The van der Waals surface area contributed by atoms with Crippen LogP contribution in [0.3, 0.4) is 0 Å². The van der Waals surface area contributed by atoms with Crippen LogP contribution < -0.4 is 5.32 Å². The van der Waals surface area contributed by atoms with E-state index in [2.05, 4.69) is 50.3 Å². The summed E-state index contributed by atoms with van der Waals surface area (Å²) < 4.78 is 46.6. The van der Waals surface area contributed by atoms with E-state index in [0.29, 0.717) is 42.9 Å². The molecule has 4 nitrogen and oxygen atoms in total. The van der Waals surface area contributed by atoms with Gasteiger partial charge < -0.3 is 10.2 Å². The summed E-state index contributed by atoms with van der Waals surface area (Å²) in [5.74, 6) is -4.14. The van der Waals surface area contributed by atoms with Gasteiger partial charge in [0.15, 0.2) is 0 Å². The summed E-state index contributed by atoms with van der Waals surface area (Å²) in [5.41, 5.74) is 2.40. The lowest BCUT2D eigenvalue weighted by Crippen LogP contribution is -2.38. The van der Waals surface area contributed by atoms with Crippen LogP contribution in [0.1, 0.15) is 123 Å². The van der Waals surface area contributed by atoms with Crippen LogP contribution in [0.4, 0.5) is 13.2 Å². The van der Waals surface area contributed by atoms with Gasteiger partial charge in [0.2, 0.25) is 0 Å². The number of hydrogen-bond donors (Lipinski definition) is 1. The van der Waals surface area contributed by atoms with Crippen LogP contribution in [0.5, 0.6) is 0 Å². The fourth-order valence-corrected chi connectivity index (χ4v) is 6.18. The highest BCUT2D eigenvalue weighted by Gasteiger charge is 2.47. The normalized spacial score (nSPS) is 18.2. The van der Waals surface area contributed by atoms with Crippen molar-refractivity contribution in [3.63, 3.8) is 0 Å². The molecule has 1 atom stereocenters. The number of rotatable bonds is 15. The first-order valence-electron chi connectivity index (χ1n) is 17.4. The Balaban J connectivity index is 0.000000745. The third kappa shape index (κ3) is 11.2. The number of likely N-dealkylation sites (tertiary alicyclic amines) is 1. The number of piperidine rings is 1. The van der Waals surface area contributed by atoms with E-state index in [1.165, 1.54) is 50.3 Å². The van der Waals surface area contributed by atoms with Crippen LogP contribution in [0, 0.1) is 34.4 Å². The van der Waals surface area contributed by atoms with Crippen molar-refractivity contribution < 1.29 is 13.2 Å². The van der Waals surface area contributed by atoms with E-state index in [1.807, 2.05) is 31.9 Å². The summed E-state index contributed by atoms with van der Waals surface area (Å²) in [4.78, 5) is 6.42. The van der Waals surface area contributed by atoms with Gasteiger partial charge in [-0.2, -0.15) is 5.26 Å². The number of alkyl halides is 2. The number of nitriles is 1. The molecule has 0 bridgehead atoms. The number of benzene rings is 1. The molecule has 1 aromatic carbocycles. The van der Waals surface area contributed by atoms with Gasteiger partial charge in [-0.25, -0.2) is 13.2 Å². The maximum Gasteiger partial charge on any atom is 0.278 e. The minimum absolute atomic E-state index is 0.145. The highest BCUT2D eigenvalue weighted by atomic mass is 19.3. The van der Waals surface area contributed by atoms with Gasteiger partial charge in [0.05, 0.1) is 23.1 Å². The molecule has 260 valence electrons. The van der Waals surface area contributed by atoms with Gasteiger partial charge >= 0.3 is 0 Å². The molecule has 47 heavy (non-hydrogen) atoms. The van der Waals surface area contributed by atoms with Crippen LogP contribution >= 0.6 is 0 Å². The molecule has 1 aromatic rings. The van der Waals surface area contributed by atoms with E-state index >= 15 is 13.2 Å². The zero-order valence-corrected chi connectivity index (χ0v) is 30.3. The Morgan fingerprint density at radius 1 is 1.15 bits per heavy atom. The van der Waals surface area contributed by atoms with Crippen LogP contribution in [0.25, 0.3) is 0 Å². The summed E-state index contributed by atoms with van der Waals surface area (Å²) in [5, 5.41) is 13.0. The molecular weight excluding hydrogens is 593 g/mol. The van der Waals surface area contributed by atoms with E-state index in [4.69, 9.17) is 0 Å². The van der Waals surface area contributed by atoms with E-state index in [9.17, 15) is 5.26 Å². The van der Waals surface area contributed by atoms with Gasteiger partial charge in [-0.1, -0.05) is 89.8 Å². The molecule has 0 radical (unpaired) electrons. The summed E-state index contributed by atoms with van der Waals surface area (Å²) in [6, 6.07) is 5.98. The minimum atomic E-state index is -3.26. The van der Waals surface area contributed by atoms with E-state index < -0.39 is 34.7 Å². The molecule has 1 aliphatic carbocycles. The molecule has 1 heterocycles. The fourth-order valence-electron chi connectivity index (χ4n) is 6.18. The molecule has 1 saturated heterocycles. The molecule has 1 N–H and O–H groups in total. The van der Waals surface area contributed by atoms with Gasteiger partial charge in [0, 0.05) is 34.7 Å². The average molecular weight is 653 g/mol. The minimum Gasteiger partial charge on any atom is -0.378 e. The smallest absolute Gasteiger partial charge is 0.278 e. The third-order valence-corrected chi connectivity index (χ3v) is 9.38. The van der Waals surface area contributed by atoms with Crippen LogP contribution in [0.15, 0.2) is 70.5 Å². The van der Waals surface area contributed by atoms with Gasteiger partial charge in [-0.3, -0.25) is 4.99 Å². The molecule has 2 fully saturated rings. The molecule has 3 rings (SSSR count). The van der Waals surface area contributed by atoms with Crippen molar-refractivity contribution >= 4 is 6.21 Å². The number of halogens is 3. The molecule has 2 aliphatic rings. The predicted octanol–water partition coefficient (Wildman–Crippen LogP) is 11.2. The molecule has 1 saturated carbocycles. The highest BCUT2D eigenvalue weighted by molar-refractivity contribution is 5.58. The summed E-state index contributed by atoms with van der Waals surface area (Å²) in [7, 11) is 1.91. The highest BCUT2D eigenvalue weighted by Crippen LogP contribution is 2.54. The number of aliphatic imine (C=N–C) groups is 1. The zero-order valence-electron chi connectivity index (χ0n) is 30.3. The number of nitrogens with zero attached hydrogens (tertiary/aromatic N) is 3. The summed E-state index contributed by atoms with van der Waals surface area (Å²) in [6.07, 6.45) is 12.8. The standard InChI is InChI=1S/C31H39F3N4.C9H20/c1-8-36-21(4)26(18-28(20(2)3)30(19-35)14-15-30)23(6)37-22(5)25-10-9-11-27(29(25)32)31(33,34)24-12-16-38(7)17-13-24;1-4-5-6-7-8-9(2)3/h8-11,18,22,24,37H,2,6,12-17H2,1,3-5,7H3;9H,4-8H2,1-3H3/b26-21-,28-18?,36-8?;/t22-;/m1./s1. The second-order valence-electron chi connectivity index (χ2n) is 13.9. The molecule has 7 heteroatoms. The second kappa shape index (κ2) is 18.4. The van der Waals surface area contributed by atoms with Crippen LogP contribution in [-0.2, 0) is 5.92 Å². The summed E-state index contributed by atoms with van der Waals surface area (Å²) >= 11 is 0. The largest absolute Gasteiger partial charge is 0.378 e. The molecule has 0 unspecified atom stereocenters. The zero-order chi connectivity index (χ0) is 35.4. The predicted molar refractivity (Wildman–Crippen MR) is 192 cm³/mol. The Hall–Kier alpha value is -3.11. The lowest BCUT2D eigenvalue weighted by Gasteiger charge is -2.34.